The third-order valence-corrected chi connectivity index (χ3v) is 4.80. The summed E-state index contributed by atoms with van der Waals surface area (Å²) >= 11 is 9.40. The molecule has 0 nitrogen and oxygen atoms in total. The number of fused-ring (bicyclic) bond motifs is 1. The Bertz CT molecular complexity index is 536. The first-order chi connectivity index (χ1) is 9.83. The van der Waals surface area contributed by atoms with Gasteiger partial charge in [-0.3, -0.25) is 0 Å². The van der Waals surface area contributed by atoms with Gasteiger partial charge in [0, 0.05) is 10.4 Å². The van der Waals surface area contributed by atoms with Crippen molar-refractivity contribution in [2.24, 2.45) is 0 Å². The molecule has 20 heavy (non-hydrogen) atoms. The second kappa shape index (κ2) is 8.69. The third-order valence-electron chi connectivity index (χ3n) is 3.79. The molecule has 0 spiro atoms. The molecule has 0 N–H and O–H groups in total. The summed E-state index contributed by atoms with van der Waals surface area (Å²) in [5.74, 6) is 0.808. The van der Waals surface area contributed by atoms with Gasteiger partial charge in [-0.25, -0.2) is 0 Å². The van der Waals surface area contributed by atoms with Gasteiger partial charge in [0.1, 0.15) is 0 Å². The van der Waals surface area contributed by atoms with Crippen molar-refractivity contribution in [3.05, 3.63) is 46.4 Å². The molecule has 0 saturated carbocycles. The Kier molecular flexibility index (Phi) is 6.89. The fourth-order valence-corrected chi connectivity index (χ4v) is 3.40. The molecule has 0 amide bonds. The molecule has 0 aromatic heterocycles. The van der Waals surface area contributed by atoms with E-state index in [0.717, 1.165) is 18.7 Å². The minimum atomic E-state index is 0.808. The standard InChI is InChI=1S/C18H22BrCl/c19-18-13-12-15-9-6-7-10-16(15)17(18)11-5-3-1-2-4-8-14-20/h6-7,9-10,12-13H,1-5,8,11,14H2. The van der Waals surface area contributed by atoms with Crippen molar-refractivity contribution in [2.45, 2.75) is 44.9 Å². The Hall–Kier alpha value is -0.530. The summed E-state index contributed by atoms with van der Waals surface area (Å²) in [5, 5.41) is 2.73. The van der Waals surface area contributed by atoms with Crippen LogP contribution in [-0.2, 0) is 6.42 Å². The molecule has 2 rings (SSSR count). The molecule has 2 aromatic carbocycles. The van der Waals surface area contributed by atoms with Gasteiger partial charge in [0.2, 0.25) is 0 Å². The molecular formula is C18H22BrCl. The van der Waals surface area contributed by atoms with E-state index in [2.05, 4.69) is 52.3 Å². The molecule has 0 heterocycles. The predicted octanol–water partition coefficient (Wildman–Crippen LogP) is 6.72. The lowest BCUT2D eigenvalue weighted by atomic mass is 9.99. The molecule has 0 aliphatic carbocycles. The maximum atomic E-state index is 5.69. The van der Waals surface area contributed by atoms with Crippen LogP contribution >= 0.6 is 27.5 Å². The highest BCUT2D eigenvalue weighted by Gasteiger charge is 2.05. The van der Waals surface area contributed by atoms with Crippen LogP contribution in [0.1, 0.15) is 44.1 Å². The molecule has 108 valence electrons. The minimum absolute atomic E-state index is 0.808. The van der Waals surface area contributed by atoms with Gasteiger partial charge < -0.3 is 0 Å². The highest BCUT2D eigenvalue weighted by atomic mass is 79.9. The fraction of sp³-hybridized carbons (Fsp3) is 0.444. The monoisotopic (exact) mass is 352 g/mol. The van der Waals surface area contributed by atoms with Gasteiger partial charge in [0.15, 0.2) is 0 Å². The first-order valence-corrected chi connectivity index (χ1v) is 8.88. The summed E-state index contributed by atoms with van der Waals surface area (Å²) < 4.78 is 1.25. The Morgan fingerprint density at radius 1 is 0.800 bits per heavy atom. The lowest BCUT2D eigenvalue weighted by Gasteiger charge is -2.09. The number of halogens is 2. The smallest absolute Gasteiger partial charge is 0.0223 e. The molecular weight excluding hydrogens is 332 g/mol. The van der Waals surface area contributed by atoms with Crippen LogP contribution in [0.15, 0.2) is 40.9 Å². The maximum absolute atomic E-state index is 5.69. The predicted molar refractivity (Wildman–Crippen MR) is 93.8 cm³/mol. The van der Waals surface area contributed by atoms with E-state index < -0.39 is 0 Å². The molecule has 0 atom stereocenters. The van der Waals surface area contributed by atoms with Crippen LogP contribution in [0.3, 0.4) is 0 Å². The van der Waals surface area contributed by atoms with E-state index in [1.54, 1.807) is 0 Å². The van der Waals surface area contributed by atoms with Crippen LogP contribution in [0.2, 0.25) is 0 Å². The molecule has 0 saturated heterocycles. The number of hydrogen-bond acceptors (Lipinski definition) is 0. The number of alkyl halides is 1. The van der Waals surface area contributed by atoms with Gasteiger partial charge in [-0.2, -0.15) is 0 Å². The quantitative estimate of drug-likeness (QED) is 0.365. The summed E-state index contributed by atoms with van der Waals surface area (Å²) in [4.78, 5) is 0. The average Bonchev–Trinajstić information content (AvgIpc) is 2.48. The van der Waals surface area contributed by atoms with Crippen LogP contribution in [0.4, 0.5) is 0 Å². The number of hydrogen-bond donors (Lipinski definition) is 0. The van der Waals surface area contributed by atoms with E-state index in [1.165, 1.54) is 52.9 Å². The second-order valence-electron chi connectivity index (χ2n) is 5.31. The van der Waals surface area contributed by atoms with E-state index in [9.17, 15) is 0 Å². The van der Waals surface area contributed by atoms with Gasteiger partial charge in [-0.15, -0.1) is 11.6 Å². The van der Waals surface area contributed by atoms with Crippen molar-refractivity contribution in [1.82, 2.24) is 0 Å². The first kappa shape index (κ1) is 15.9. The minimum Gasteiger partial charge on any atom is -0.127 e. The van der Waals surface area contributed by atoms with Crippen molar-refractivity contribution in [2.75, 3.05) is 5.88 Å². The average molecular weight is 354 g/mol. The Balaban J connectivity index is 1.88. The number of unbranched alkanes of at least 4 members (excludes halogenated alkanes) is 5. The van der Waals surface area contributed by atoms with E-state index in [1.807, 2.05) is 0 Å². The molecule has 0 aliphatic rings. The number of aryl methyl sites for hydroxylation is 1. The van der Waals surface area contributed by atoms with Gasteiger partial charge in [0.05, 0.1) is 0 Å². The molecule has 0 fully saturated rings. The zero-order chi connectivity index (χ0) is 14.2. The van der Waals surface area contributed by atoms with Crippen molar-refractivity contribution in [3.63, 3.8) is 0 Å². The summed E-state index contributed by atoms with van der Waals surface area (Å²) in [5.41, 5.74) is 1.46. The molecule has 0 aliphatic heterocycles. The Morgan fingerprint density at radius 3 is 2.30 bits per heavy atom. The van der Waals surface area contributed by atoms with E-state index >= 15 is 0 Å². The molecule has 0 unspecified atom stereocenters. The normalized spacial score (nSPS) is 11.1. The third kappa shape index (κ3) is 4.49. The maximum Gasteiger partial charge on any atom is 0.0223 e. The van der Waals surface area contributed by atoms with Gasteiger partial charge in [-0.05, 0) is 41.7 Å². The highest BCUT2D eigenvalue weighted by molar-refractivity contribution is 9.10. The highest BCUT2D eigenvalue weighted by Crippen LogP contribution is 2.28. The lowest BCUT2D eigenvalue weighted by molar-refractivity contribution is 0.609. The van der Waals surface area contributed by atoms with Crippen LogP contribution in [-0.4, -0.2) is 5.88 Å². The molecule has 2 heteroatoms. The lowest BCUT2D eigenvalue weighted by Crippen LogP contribution is -1.90. The van der Waals surface area contributed by atoms with E-state index in [4.69, 9.17) is 11.6 Å². The Labute approximate surface area is 135 Å². The largest absolute Gasteiger partial charge is 0.127 e. The fourth-order valence-electron chi connectivity index (χ4n) is 2.67. The van der Waals surface area contributed by atoms with E-state index in [0.29, 0.717) is 0 Å². The topological polar surface area (TPSA) is 0 Å². The Morgan fingerprint density at radius 2 is 1.50 bits per heavy atom. The second-order valence-corrected chi connectivity index (χ2v) is 6.54. The van der Waals surface area contributed by atoms with Crippen LogP contribution in [0, 0.1) is 0 Å². The first-order valence-electron chi connectivity index (χ1n) is 7.55. The van der Waals surface area contributed by atoms with Gasteiger partial charge in [-0.1, -0.05) is 71.9 Å². The number of rotatable bonds is 8. The van der Waals surface area contributed by atoms with E-state index in [-0.39, 0.29) is 0 Å². The van der Waals surface area contributed by atoms with Crippen LogP contribution in [0.25, 0.3) is 10.8 Å². The van der Waals surface area contributed by atoms with Crippen molar-refractivity contribution in [1.29, 1.82) is 0 Å². The van der Waals surface area contributed by atoms with Crippen LogP contribution in [0.5, 0.6) is 0 Å². The summed E-state index contributed by atoms with van der Waals surface area (Å²) in [6, 6.07) is 13.0. The van der Waals surface area contributed by atoms with Crippen LogP contribution < -0.4 is 0 Å². The number of benzene rings is 2. The SMILES string of the molecule is ClCCCCCCCCc1c(Br)ccc2ccccc12. The summed E-state index contributed by atoms with van der Waals surface area (Å²) in [6.45, 7) is 0. The van der Waals surface area contributed by atoms with Crippen molar-refractivity contribution < 1.29 is 0 Å². The van der Waals surface area contributed by atoms with Crippen molar-refractivity contribution in [3.8, 4) is 0 Å². The summed E-state index contributed by atoms with van der Waals surface area (Å²) in [6.07, 6.45) is 8.85. The van der Waals surface area contributed by atoms with Crippen molar-refractivity contribution >= 4 is 38.3 Å². The van der Waals surface area contributed by atoms with Gasteiger partial charge in [0.25, 0.3) is 0 Å². The summed E-state index contributed by atoms with van der Waals surface area (Å²) in [7, 11) is 0. The van der Waals surface area contributed by atoms with Gasteiger partial charge >= 0.3 is 0 Å². The zero-order valence-corrected chi connectivity index (χ0v) is 14.2. The molecule has 0 bridgehead atoms. The molecule has 0 radical (unpaired) electrons. The zero-order valence-electron chi connectivity index (χ0n) is 11.9. The molecule has 2 aromatic rings.